The molecular weight excluding hydrogens is 633 g/mol. The topological polar surface area (TPSA) is 63.8 Å². The van der Waals surface area contributed by atoms with Gasteiger partial charge in [-0.1, -0.05) is 71.9 Å². The van der Waals surface area contributed by atoms with Crippen molar-refractivity contribution < 1.29 is 18.3 Å². The van der Waals surface area contributed by atoms with Gasteiger partial charge in [0.05, 0.1) is 22.1 Å². The zero-order chi connectivity index (χ0) is 35.6. The number of hydrogen-bond donors (Lipinski definition) is 1. The van der Waals surface area contributed by atoms with Gasteiger partial charge in [0.25, 0.3) is 0 Å². The number of phenolic OH excluding ortho intramolecular Hbond substituents is 1. The molecule has 0 unspecified atom stereocenters. The first-order valence-electron chi connectivity index (χ1n) is 16.5. The monoisotopic (exact) mass is 670 g/mol. The van der Waals surface area contributed by atoms with E-state index in [1.165, 1.54) is 0 Å². The van der Waals surface area contributed by atoms with Crippen molar-refractivity contribution >= 4 is 21.9 Å². The maximum absolute atomic E-state index is 13.8. The standard InChI is InChI=1S/C42H37F3N4O/c1-40(2,3)28-12-15-31(16-13-28)49-35-11-7-10-32(34-21-29(42(43,44)45)14-17-36(34)50)38(35)48-39(49)27-19-26(23-46-24-27)33-22-30(41(4,5)6)20-25-9-8-18-47-37(25)33/h7-24,50H,1-6H3. The highest BCUT2D eigenvalue weighted by Crippen LogP contribution is 2.42. The van der Waals surface area contributed by atoms with Gasteiger partial charge in [0.15, 0.2) is 0 Å². The van der Waals surface area contributed by atoms with E-state index in [-0.39, 0.29) is 22.1 Å². The minimum Gasteiger partial charge on any atom is -0.507 e. The molecule has 4 aromatic carbocycles. The van der Waals surface area contributed by atoms with Crippen LogP contribution in [0.4, 0.5) is 13.2 Å². The van der Waals surface area contributed by atoms with E-state index in [1.807, 2.05) is 41.1 Å². The predicted molar refractivity (Wildman–Crippen MR) is 195 cm³/mol. The van der Waals surface area contributed by atoms with Crippen molar-refractivity contribution in [2.24, 2.45) is 0 Å². The Balaban J connectivity index is 1.49. The Kier molecular flexibility index (Phi) is 7.81. The molecule has 0 saturated carbocycles. The van der Waals surface area contributed by atoms with Crippen LogP contribution in [0.1, 0.15) is 58.2 Å². The second-order valence-electron chi connectivity index (χ2n) is 14.8. The Labute approximate surface area is 289 Å². The first kappa shape index (κ1) is 33.0. The summed E-state index contributed by atoms with van der Waals surface area (Å²) in [5.41, 5.74) is 7.03. The highest BCUT2D eigenvalue weighted by atomic mass is 19.4. The van der Waals surface area contributed by atoms with Crippen LogP contribution in [0.5, 0.6) is 5.75 Å². The van der Waals surface area contributed by atoms with E-state index in [1.54, 1.807) is 24.5 Å². The third-order valence-corrected chi connectivity index (χ3v) is 9.17. The zero-order valence-corrected chi connectivity index (χ0v) is 28.8. The Morgan fingerprint density at radius 3 is 2.00 bits per heavy atom. The quantitative estimate of drug-likeness (QED) is 0.202. The normalized spacial score (nSPS) is 12.6. The van der Waals surface area contributed by atoms with Crippen LogP contribution in [0, 0.1) is 0 Å². The summed E-state index contributed by atoms with van der Waals surface area (Å²) >= 11 is 0. The summed E-state index contributed by atoms with van der Waals surface area (Å²) in [5, 5.41) is 11.9. The van der Waals surface area contributed by atoms with Gasteiger partial charge >= 0.3 is 6.18 Å². The van der Waals surface area contributed by atoms with Crippen molar-refractivity contribution in [2.75, 3.05) is 0 Å². The first-order valence-corrected chi connectivity index (χ1v) is 16.5. The second-order valence-corrected chi connectivity index (χ2v) is 14.8. The fourth-order valence-electron chi connectivity index (χ4n) is 6.37. The van der Waals surface area contributed by atoms with Crippen LogP contribution in [-0.2, 0) is 17.0 Å². The summed E-state index contributed by atoms with van der Waals surface area (Å²) in [6, 6.07) is 26.9. The number of aromatic nitrogens is 4. The van der Waals surface area contributed by atoms with Gasteiger partial charge in [-0.25, -0.2) is 4.98 Å². The molecular formula is C42H37F3N4O. The Bertz CT molecular complexity index is 2400. The maximum Gasteiger partial charge on any atom is 0.416 e. The van der Waals surface area contributed by atoms with Gasteiger partial charge in [-0.15, -0.1) is 0 Å². The van der Waals surface area contributed by atoms with Crippen LogP contribution in [0.25, 0.3) is 61.3 Å². The van der Waals surface area contributed by atoms with Crippen LogP contribution in [0.2, 0.25) is 0 Å². The molecule has 0 spiro atoms. The number of hydrogen-bond acceptors (Lipinski definition) is 4. The highest BCUT2D eigenvalue weighted by Gasteiger charge is 2.32. The van der Waals surface area contributed by atoms with Crippen molar-refractivity contribution in [3.8, 4) is 45.1 Å². The molecule has 3 aromatic heterocycles. The lowest BCUT2D eigenvalue weighted by atomic mass is 9.84. The van der Waals surface area contributed by atoms with E-state index >= 15 is 0 Å². The summed E-state index contributed by atoms with van der Waals surface area (Å²) in [4.78, 5) is 14.5. The molecule has 252 valence electrons. The first-order chi connectivity index (χ1) is 23.6. The molecule has 50 heavy (non-hydrogen) atoms. The van der Waals surface area contributed by atoms with Crippen molar-refractivity contribution in [1.82, 2.24) is 19.5 Å². The third-order valence-electron chi connectivity index (χ3n) is 9.17. The van der Waals surface area contributed by atoms with Crippen LogP contribution in [0.15, 0.2) is 110 Å². The van der Waals surface area contributed by atoms with E-state index < -0.39 is 11.7 Å². The summed E-state index contributed by atoms with van der Waals surface area (Å²) in [7, 11) is 0. The Morgan fingerprint density at radius 1 is 0.620 bits per heavy atom. The number of phenols is 1. The molecule has 0 fully saturated rings. The highest BCUT2D eigenvalue weighted by molar-refractivity contribution is 5.98. The summed E-state index contributed by atoms with van der Waals surface area (Å²) in [6.45, 7) is 13.0. The van der Waals surface area contributed by atoms with Gasteiger partial charge in [0.2, 0.25) is 0 Å². The van der Waals surface area contributed by atoms with Crippen molar-refractivity contribution in [3.05, 3.63) is 126 Å². The Morgan fingerprint density at radius 2 is 1.30 bits per heavy atom. The predicted octanol–water partition coefficient (Wildman–Crippen LogP) is 11.3. The summed E-state index contributed by atoms with van der Waals surface area (Å²) in [5.74, 6) is 0.291. The molecule has 1 N–H and O–H groups in total. The zero-order valence-electron chi connectivity index (χ0n) is 28.8. The van der Waals surface area contributed by atoms with Crippen LogP contribution >= 0.6 is 0 Å². The fraction of sp³-hybridized carbons (Fsp3) is 0.214. The third kappa shape index (κ3) is 5.99. The van der Waals surface area contributed by atoms with Crippen LogP contribution < -0.4 is 0 Å². The van der Waals surface area contributed by atoms with Crippen molar-refractivity contribution in [2.45, 2.75) is 58.5 Å². The molecule has 0 aliphatic heterocycles. The van der Waals surface area contributed by atoms with E-state index in [2.05, 4.69) is 76.9 Å². The molecule has 0 bridgehead atoms. The number of nitrogens with zero attached hydrogens (tertiary/aromatic N) is 4. The number of aromatic hydroxyl groups is 1. The molecule has 0 amide bonds. The molecule has 7 aromatic rings. The molecule has 3 heterocycles. The molecule has 7 rings (SSSR count). The maximum atomic E-state index is 13.8. The minimum absolute atomic E-state index is 0.0492. The lowest BCUT2D eigenvalue weighted by molar-refractivity contribution is -0.137. The average molecular weight is 671 g/mol. The number of rotatable bonds is 4. The van der Waals surface area contributed by atoms with Gasteiger partial charge in [0.1, 0.15) is 11.6 Å². The number of imidazole rings is 1. The minimum atomic E-state index is -4.58. The average Bonchev–Trinajstić information content (AvgIpc) is 3.47. The summed E-state index contributed by atoms with van der Waals surface area (Å²) in [6.07, 6.45) is 0.766. The molecule has 5 nitrogen and oxygen atoms in total. The van der Waals surface area contributed by atoms with E-state index in [9.17, 15) is 18.3 Å². The van der Waals surface area contributed by atoms with Crippen molar-refractivity contribution in [3.63, 3.8) is 0 Å². The van der Waals surface area contributed by atoms with Gasteiger partial charge in [-0.05, 0) is 82.6 Å². The lowest BCUT2D eigenvalue weighted by Gasteiger charge is -2.21. The molecule has 0 atom stereocenters. The van der Waals surface area contributed by atoms with E-state index in [0.29, 0.717) is 28.0 Å². The van der Waals surface area contributed by atoms with Gasteiger partial charge in [-0.3, -0.25) is 14.5 Å². The molecule has 8 heteroatoms. The molecule has 0 aliphatic rings. The van der Waals surface area contributed by atoms with Crippen molar-refractivity contribution in [1.29, 1.82) is 0 Å². The fourth-order valence-corrected chi connectivity index (χ4v) is 6.37. The van der Waals surface area contributed by atoms with Gasteiger partial charge in [-0.2, -0.15) is 13.2 Å². The van der Waals surface area contributed by atoms with Gasteiger partial charge in [0, 0.05) is 57.5 Å². The van der Waals surface area contributed by atoms with Gasteiger partial charge < -0.3 is 5.11 Å². The van der Waals surface area contributed by atoms with Crippen LogP contribution in [0.3, 0.4) is 0 Å². The SMILES string of the molecule is CC(C)(C)c1ccc(-n2c(-c3cncc(-c4cc(C(C)(C)C)cc5cccnc45)c3)nc3c(-c4cc(C(F)(F)F)ccc4O)cccc32)cc1. The van der Waals surface area contributed by atoms with Crippen LogP contribution in [-0.4, -0.2) is 24.6 Å². The summed E-state index contributed by atoms with van der Waals surface area (Å²) < 4.78 is 43.4. The number of pyridine rings is 2. The number of para-hydroxylation sites is 1. The molecule has 0 saturated heterocycles. The van der Waals surface area contributed by atoms with E-state index in [4.69, 9.17) is 9.97 Å². The molecule has 0 radical (unpaired) electrons. The second kappa shape index (κ2) is 11.8. The number of benzene rings is 4. The van der Waals surface area contributed by atoms with E-state index in [0.717, 1.165) is 57.0 Å². The smallest absolute Gasteiger partial charge is 0.416 e. The number of alkyl halides is 3. The number of halogens is 3. The largest absolute Gasteiger partial charge is 0.507 e. The number of fused-ring (bicyclic) bond motifs is 2. The lowest BCUT2D eigenvalue weighted by Crippen LogP contribution is -2.11. The Hall–Kier alpha value is -5.50. The molecule has 0 aliphatic carbocycles.